The lowest BCUT2D eigenvalue weighted by Gasteiger charge is -2.26. The van der Waals surface area contributed by atoms with Crippen molar-refractivity contribution >= 4 is 27.3 Å². The van der Waals surface area contributed by atoms with Gasteiger partial charge in [0.05, 0.1) is 0 Å². The molecule has 2 heterocycles. The Hall–Kier alpha value is -0.920. The molecule has 0 aliphatic carbocycles. The average Bonchev–Trinajstić information content (AvgIpc) is 2.86. The Bertz CT molecular complexity index is 496. The van der Waals surface area contributed by atoms with E-state index in [4.69, 9.17) is 0 Å². The molecule has 1 aliphatic heterocycles. The van der Waals surface area contributed by atoms with Crippen LogP contribution in [0.25, 0.3) is 0 Å². The smallest absolute Gasteiger partial charge is 0.250 e. The summed E-state index contributed by atoms with van der Waals surface area (Å²) in [6.45, 7) is 1.45. The number of nitrogens with one attached hydrogen (secondary N) is 1. The van der Waals surface area contributed by atoms with Gasteiger partial charge in [-0.3, -0.25) is 4.79 Å². The molecule has 0 bridgehead atoms. The molecule has 0 unspecified atom stereocenters. The van der Waals surface area contributed by atoms with E-state index in [0.29, 0.717) is 17.2 Å². The second-order valence-electron chi connectivity index (χ2n) is 4.17. The van der Waals surface area contributed by atoms with Crippen molar-refractivity contribution in [1.29, 1.82) is 0 Å². The van der Waals surface area contributed by atoms with Gasteiger partial charge in [0, 0.05) is 26.1 Å². The van der Waals surface area contributed by atoms with Gasteiger partial charge >= 0.3 is 0 Å². The highest BCUT2D eigenvalue weighted by Gasteiger charge is 2.19. The predicted molar refractivity (Wildman–Crippen MR) is 69.9 cm³/mol. The highest BCUT2D eigenvalue weighted by molar-refractivity contribution is 7.91. The van der Waals surface area contributed by atoms with Crippen LogP contribution in [-0.2, 0) is 14.8 Å². The minimum atomic E-state index is -3.40. The zero-order valence-corrected chi connectivity index (χ0v) is 11.6. The van der Waals surface area contributed by atoms with Gasteiger partial charge in [0.2, 0.25) is 15.9 Å². The zero-order valence-electron chi connectivity index (χ0n) is 9.96. The molecule has 0 radical (unpaired) electrons. The van der Waals surface area contributed by atoms with Crippen molar-refractivity contribution < 1.29 is 13.2 Å². The van der Waals surface area contributed by atoms with Crippen LogP contribution in [0.1, 0.15) is 19.3 Å². The number of hydrogen-bond acceptors (Lipinski definition) is 4. The molecule has 100 valence electrons. The molecule has 1 saturated heterocycles. The van der Waals surface area contributed by atoms with Crippen molar-refractivity contribution in [3.8, 4) is 0 Å². The third-order valence-corrected chi connectivity index (χ3v) is 5.71. The number of sulfonamides is 1. The molecular formula is C11H16N2O3S2. The fraction of sp³-hybridized carbons (Fsp3) is 0.545. The van der Waals surface area contributed by atoms with Crippen LogP contribution in [0.5, 0.6) is 0 Å². The maximum Gasteiger partial charge on any atom is 0.250 e. The van der Waals surface area contributed by atoms with Crippen LogP contribution in [0.2, 0.25) is 0 Å². The molecule has 2 rings (SSSR count). The minimum Gasteiger partial charge on any atom is -0.341 e. The lowest BCUT2D eigenvalue weighted by atomic mass is 10.1. The standard InChI is InChI=1S/C11H16N2O3S2/c14-10-4-1-2-7-13(10)8-6-12-18(15,16)11-5-3-9-17-11/h3,5,9,12H,1-2,4,6-8H2. The molecular weight excluding hydrogens is 272 g/mol. The monoisotopic (exact) mass is 288 g/mol. The minimum absolute atomic E-state index is 0.122. The maximum absolute atomic E-state index is 11.8. The van der Waals surface area contributed by atoms with E-state index in [1.807, 2.05) is 0 Å². The quantitative estimate of drug-likeness (QED) is 0.880. The van der Waals surface area contributed by atoms with Crippen LogP contribution >= 0.6 is 11.3 Å². The summed E-state index contributed by atoms with van der Waals surface area (Å²) in [4.78, 5) is 13.3. The summed E-state index contributed by atoms with van der Waals surface area (Å²) >= 11 is 1.19. The molecule has 7 heteroatoms. The lowest BCUT2D eigenvalue weighted by Crippen LogP contribution is -2.40. The van der Waals surface area contributed by atoms with E-state index in [2.05, 4.69) is 4.72 Å². The Balaban J connectivity index is 1.83. The zero-order chi connectivity index (χ0) is 13.0. The molecule has 5 nitrogen and oxygen atoms in total. The van der Waals surface area contributed by atoms with Crippen LogP contribution < -0.4 is 4.72 Å². The molecule has 1 aliphatic rings. The Morgan fingerprint density at radius 3 is 2.89 bits per heavy atom. The van der Waals surface area contributed by atoms with Gasteiger partial charge in [0.1, 0.15) is 4.21 Å². The van der Waals surface area contributed by atoms with E-state index in [-0.39, 0.29) is 12.5 Å². The normalized spacial score (nSPS) is 17.1. The number of piperidine rings is 1. The van der Waals surface area contributed by atoms with E-state index in [1.54, 1.807) is 22.4 Å². The number of nitrogens with zero attached hydrogens (tertiary/aromatic N) is 1. The third-order valence-electron chi connectivity index (χ3n) is 2.86. The van der Waals surface area contributed by atoms with Crippen molar-refractivity contribution in [3.63, 3.8) is 0 Å². The molecule has 0 spiro atoms. The summed E-state index contributed by atoms with van der Waals surface area (Å²) in [5, 5.41) is 1.72. The van der Waals surface area contributed by atoms with E-state index in [0.717, 1.165) is 19.4 Å². The van der Waals surface area contributed by atoms with Crippen molar-refractivity contribution in [2.75, 3.05) is 19.6 Å². The molecule has 0 aromatic carbocycles. The first kappa shape index (κ1) is 13.5. The molecule has 1 amide bonds. The summed E-state index contributed by atoms with van der Waals surface area (Å²) < 4.78 is 26.5. The number of likely N-dealkylation sites (tertiary alicyclic amines) is 1. The van der Waals surface area contributed by atoms with Gasteiger partial charge in [0.15, 0.2) is 0 Å². The number of carbonyl (C=O) groups excluding carboxylic acids is 1. The van der Waals surface area contributed by atoms with Crippen LogP contribution in [0, 0.1) is 0 Å². The van der Waals surface area contributed by atoms with Gasteiger partial charge in [-0.15, -0.1) is 11.3 Å². The molecule has 1 aromatic rings. The van der Waals surface area contributed by atoms with E-state index in [1.165, 1.54) is 11.3 Å². The molecule has 0 atom stereocenters. The van der Waals surface area contributed by atoms with Crippen molar-refractivity contribution in [1.82, 2.24) is 9.62 Å². The Morgan fingerprint density at radius 1 is 1.39 bits per heavy atom. The first-order chi connectivity index (χ1) is 8.59. The Morgan fingerprint density at radius 2 is 2.22 bits per heavy atom. The van der Waals surface area contributed by atoms with Crippen molar-refractivity contribution in [2.45, 2.75) is 23.5 Å². The van der Waals surface area contributed by atoms with Crippen LogP contribution in [-0.4, -0.2) is 38.9 Å². The highest BCUT2D eigenvalue weighted by atomic mass is 32.2. The topological polar surface area (TPSA) is 66.5 Å². The second-order valence-corrected chi connectivity index (χ2v) is 7.11. The summed E-state index contributed by atoms with van der Waals surface area (Å²) in [6, 6.07) is 3.27. The van der Waals surface area contributed by atoms with E-state index in [9.17, 15) is 13.2 Å². The first-order valence-corrected chi connectivity index (χ1v) is 8.27. The lowest BCUT2D eigenvalue weighted by molar-refractivity contribution is -0.133. The summed E-state index contributed by atoms with van der Waals surface area (Å²) in [7, 11) is -3.40. The van der Waals surface area contributed by atoms with Gasteiger partial charge in [-0.05, 0) is 24.3 Å². The molecule has 18 heavy (non-hydrogen) atoms. The van der Waals surface area contributed by atoms with Crippen LogP contribution in [0.4, 0.5) is 0 Å². The second kappa shape index (κ2) is 5.81. The van der Waals surface area contributed by atoms with Gasteiger partial charge in [0.25, 0.3) is 0 Å². The van der Waals surface area contributed by atoms with Gasteiger partial charge in [-0.1, -0.05) is 6.07 Å². The van der Waals surface area contributed by atoms with E-state index < -0.39 is 10.0 Å². The summed E-state index contributed by atoms with van der Waals surface area (Å²) in [6.07, 6.45) is 2.53. The number of hydrogen-bond donors (Lipinski definition) is 1. The Labute approximate surface area is 111 Å². The molecule has 0 saturated carbocycles. The molecule has 1 aromatic heterocycles. The maximum atomic E-state index is 11.8. The third kappa shape index (κ3) is 3.30. The van der Waals surface area contributed by atoms with Gasteiger partial charge in [-0.25, -0.2) is 13.1 Å². The summed E-state index contributed by atoms with van der Waals surface area (Å²) in [5.74, 6) is 0.122. The Kier molecular flexibility index (Phi) is 4.36. The van der Waals surface area contributed by atoms with E-state index >= 15 is 0 Å². The van der Waals surface area contributed by atoms with Crippen LogP contribution in [0.15, 0.2) is 21.7 Å². The number of carbonyl (C=O) groups is 1. The largest absolute Gasteiger partial charge is 0.341 e. The fourth-order valence-electron chi connectivity index (χ4n) is 1.90. The molecule has 1 fully saturated rings. The van der Waals surface area contributed by atoms with Gasteiger partial charge < -0.3 is 4.90 Å². The summed E-state index contributed by atoms with van der Waals surface area (Å²) in [5.41, 5.74) is 0. The van der Waals surface area contributed by atoms with Crippen molar-refractivity contribution in [2.24, 2.45) is 0 Å². The van der Waals surface area contributed by atoms with Crippen LogP contribution in [0.3, 0.4) is 0 Å². The number of rotatable bonds is 5. The fourth-order valence-corrected chi connectivity index (χ4v) is 3.96. The number of thiophene rings is 1. The van der Waals surface area contributed by atoms with Crippen molar-refractivity contribution in [3.05, 3.63) is 17.5 Å². The number of amides is 1. The highest BCUT2D eigenvalue weighted by Crippen LogP contribution is 2.15. The first-order valence-electron chi connectivity index (χ1n) is 5.90. The average molecular weight is 288 g/mol. The molecule has 1 N–H and O–H groups in total. The SMILES string of the molecule is O=C1CCCCN1CCNS(=O)(=O)c1cccs1. The predicted octanol–water partition coefficient (Wildman–Crippen LogP) is 1.04. The van der Waals surface area contributed by atoms with Gasteiger partial charge in [-0.2, -0.15) is 0 Å².